The van der Waals surface area contributed by atoms with E-state index in [1.54, 1.807) is 20.8 Å². The van der Waals surface area contributed by atoms with Crippen LogP contribution in [0.25, 0.3) is 0 Å². The molecule has 0 rings (SSSR count). The van der Waals surface area contributed by atoms with Crippen molar-refractivity contribution in [2.45, 2.75) is 38.4 Å². The van der Waals surface area contributed by atoms with Crippen molar-refractivity contribution in [1.82, 2.24) is 0 Å². The highest BCUT2D eigenvalue weighted by Gasteiger charge is 2.58. The van der Waals surface area contributed by atoms with E-state index >= 15 is 0 Å². The summed E-state index contributed by atoms with van der Waals surface area (Å²) in [5.41, 5.74) is 0. The van der Waals surface area contributed by atoms with E-state index in [9.17, 15) is 14.0 Å². The number of ether oxygens (including phenoxy) is 1. The van der Waals surface area contributed by atoms with Crippen LogP contribution in [0.3, 0.4) is 0 Å². The fourth-order valence-corrected chi connectivity index (χ4v) is 3.05. The van der Waals surface area contributed by atoms with E-state index in [1.165, 1.54) is 0 Å². The van der Waals surface area contributed by atoms with Crippen LogP contribution in [0.5, 0.6) is 0 Å². The van der Waals surface area contributed by atoms with Gasteiger partial charge in [-0.1, -0.05) is 11.5 Å². The van der Waals surface area contributed by atoms with Crippen molar-refractivity contribution in [1.29, 1.82) is 0 Å². The molecular weight excluding hydrogens is 250 g/mol. The molecule has 0 aliphatic heterocycles. The maximum Gasteiger partial charge on any atom is 0.424 e. The predicted octanol–water partition coefficient (Wildman–Crippen LogP) is 2.33. The molecule has 0 aromatic heterocycles. The van der Waals surface area contributed by atoms with Crippen molar-refractivity contribution in [3.05, 3.63) is 0 Å². The van der Waals surface area contributed by atoms with Crippen LogP contribution in [0.15, 0.2) is 0 Å². The summed E-state index contributed by atoms with van der Waals surface area (Å²) in [6.45, 7) is 5.09. The van der Waals surface area contributed by atoms with Crippen molar-refractivity contribution in [3.63, 3.8) is 0 Å². The molecule has 4 unspecified atom stereocenters. The van der Waals surface area contributed by atoms with Gasteiger partial charge in [0.1, 0.15) is 0 Å². The smallest absolute Gasteiger partial charge is 0.318 e. The first-order chi connectivity index (χ1) is 7.39. The maximum absolute atomic E-state index is 11.9. The lowest BCUT2D eigenvalue weighted by Crippen LogP contribution is -2.26. The van der Waals surface area contributed by atoms with Crippen LogP contribution in [0.1, 0.15) is 27.2 Å². The average Bonchev–Trinajstić information content (AvgIpc) is 2.24. The summed E-state index contributed by atoms with van der Waals surface area (Å²) in [4.78, 5) is 9.73. The van der Waals surface area contributed by atoms with Crippen LogP contribution in [-0.4, -0.2) is 22.7 Å². The Balaban J connectivity index is 5.13. The summed E-state index contributed by atoms with van der Waals surface area (Å²) in [7, 11) is -5.55. The average molecular weight is 267 g/mol. The molecule has 0 bridgehead atoms. The van der Waals surface area contributed by atoms with Crippen LogP contribution < -0.4 is 0 Å². The zero-order chi connectivity index (χ0) is 12.8. The molecule has 0 saturated heterocycles. The van der Waals surface area contributed by atoms with Crippen LogP contribution in [0, 0.1) is 12.3 Å². The second-order valence-corrected chi connectivity index (χ2v) is 6.38. The molecule has 4 atom stereocenters. The van der Waals surface area contributed by atoms with Gasteiger partial charge in [0.25, 0.3) is 0 Å². The zero-order valence-electron chi connectivity index (χ0n) is 9.60. The van der Waals surface area contributed by atoms with Crippen LogP contribution in [0.4, 0.5) is 0 Å². The third kappa shape index (κ3) is 3.38. The molecule has 16 heavy (non-hydrogen) atoms. The van der Waals surface area contributed by atoms with E-state index in [-0.39, 0.29) is 6.61 Å². The van der Waals surface area contributed by atoms with Gasteiger partial charge in [0, 0.05) is 0 Å². The van der Waals surface area contributed by atoms with Gasteiger partial charge in [-0.3, -0.25) is 9.09 Å². The largest absolute Gasteiger partial charge is 0.424 e. The molecule has 0 spiro atoms. The van der Waals surface area contributed by atoms with Gasteiger partial charge in [-0.05, 0) is 26.2 Å². The lowest BCUT2D eigenvalue weighted by molar-refractivity contribution is 0.0826. The van der Waals surface area contributed by atoms with Crippen LogP contribution >= 0.6 is 16.1 Å². The van der Waals surface area contributed by atoms with Crippen molar-refractivity contribution in [2.24, 2.45) is 0 Å². The minimum absolute atomic E-state index is 0.0772. The Morgan fingerprint density at radius 1 is 1.62 bits per heavy atom. The van der Waals surface area contributed by atoms with E-state index in [1.807, 2.05) is 5.92 Å². The van der Waals surface area contributed by atoms with Gasteiger partial charge in [0.2, 0.25) is 0 Å². The summed E-state index contributed by atoms with van der Waals surface area (Å²) < 4.78 is 32.9. The summed E-state index contributed by atoms with van der Waals surface area (Å²) in [5, 5.41) is -2.05. The number of terminal acetylenes is 1. The van der Waals surface area contributed by atoms with Gasteiger partial charge in [0.15, 0.2) is 0 Å². The van der Waals surface area contributed by atoms with Gasteiger partial charge in [-0.25, -0.2) is 0 Å². The Morgan fingerprint density at radius 3 is 2.50 bits per heavy atom. The molecule has 0 heterocycles. The zero-order valence-corrected chi connectivity index (χ0v) is 11.5. The fraction of sp³-hybridized carbons (Fsp3) is 0.778. The van der Waals surface area contributed by atoms with Gasteiger partial charge in [0.05, 0.1) is 12.7 Å². The minimum atomic E-state index is -4.28. The third-order valence-corrected chi connectivity index (χ3v) is 5.37. The predicted molar refractivity (Wildman–Crippen MR) is 62.9 cm³/mol. The molecular formula is C9H17O5P2+. The van der Waals surface area contributed by atoms with E-state index in [0.717, 1.165) is 0 Å². The summed E-state index contributed by atoms with van der Waals surface area (Å²) in [6, 6.07) is 0. The minimum Gasteiger partial charge on any atom is -0.318 e. The molecule has 0 aliphatic carbocycles. The first-order valence-corrected chi connectivity index (χ1v) is 7.40. The standard InChI is InChI=1S/C9H16O5P2/c1-5-8(4)14-16(11,12)9(6-2,15-10)13-7-3/h2,8H,5,7H2,1,3-4H3,(H,11,12)/p+1. The lowest BCUT2D eigenvalue weighted by atomic mass is 10.3. The Hall–Kier alpha value is -0.230. The first kappa shape index (κ1) is 15.8. The van der Waals surface area contributed by atoms with Gasteiger partial charge >= 0.3 is 21.1 Å². The maximum atomic E-state index is 11.9. The van der Waals surface area contributed by atoms with Crippen molar-refractivity contribution < 1.29 is 23.3 Å². The molecule has 0 aromatic carbocycles. The molecule has 0 radical (unpaired) electrons. The van der Waals surface area contributed by atoms with E-state index < -0.39 is 27.2 Å². The molecule has 92 valence electrons. The highest BCUT2D eigenvalue weighted by molar-refractivity contribution is 7.64. The Bertz CT molecular complexity index is 324. The SMILES string of the molecule is C#CC(OCC)([PH+]=O)P(=O)(O)OC(C)CC. The second kappa shape index (κ2) is 6.49. The monoisotopic (exact) mass is 267 g/mol. The Kier molecular flexibility index (Phi) is 6.40. The highest BCUT2D eigenvalue weighted by atomic mass is 31.2. The number of hydrogen-bond donors (Lipinski definition) is 1. The van der Waals surface area contributed by atoms with Gasteiger partial charge in [-0.15, -0.1) is 6.42 Å². The van der Waals surface area contributed by atoms with Crippen molar-refractivity contribution in [2.75, 3.05) is 6.61 Å². The van der Waals surface area contributed by atoms with E-state index in [0.29, 0.717) is 6.42 Å². The topological polar surface area (TPSA) is 72.8 Å². The van der Waals surface area contributed by atoms with E-state index in [4.69, 9.17) is 15.7 Å². The first-order valence-electron chi connectivity index (χ1n) is 4.91. The van der Waals surface area contributed by atoms with Gasteiger partial charge < -0.3 is 9.63 Å². The third-order valence-electron chi connectivity index (χ3n) is 1.98. The molecule has 0 aliphatic rings. The second-order valence-electron chi connectivity index (χ2n) is 3.17. The number of rotatable bonds is 7. The summed E-state index contributed by atoms with van der Waals surface area (Å²) in [6.07, 6.45) is 5.21. The lowest BCUT2D eigenvalue weighted by Gasteiger charge is -2.22. The number of hydrogen-bond acceptors (Lipinski definition) is 4. The normalized spacial score (nSPS) is 20.7. The quantitative estimate of drug-likeness (QED) is 0.566. The highest BCUT2D eigenvalue weighted by Crippen LogP contribution is 2.61. The van der Waals surface area contributed by atoms with E-state index in [2.05, 4.69) is 0 Å². The van der Waals surface area contributed by atoms with Crippen LogP contribution in [0.2, 0.25) is 0 Å². The van der Waals surface area contributed by atoms with Crippen molar-refractivity contribution >= 4 is 16.1 Å². The fourth-order valence-electron chi connectivity index (χ4n) is 0.923. The molecule has 0 saturated carbocycles. The molecule has 5 nitrogen and oxygen atoms in total. The molecule has 7 heteroatoms. The molecule has 0 aromatic rings. The van der Waals surface area contributed by atoms with Gasteiger partial charge in [-0.2, -0.15) is 0 Å². The Morgan fingerprint density at radius 2 is 2.19 bits per heavy atom. The summed E-state index contributed by atoms with van der Waals surface area (Å²) >= 11 is 0. The molecule has 0 amide bonds. The Labute approximate surface area is 97.3 Å². The van der Waals surface area contributed by atoms with Crippen molar-refractivity contribution in [3.8, 4) is 12.3 Å². The molecule has 1 N–H and O–H groups in total. The summed E-state index contributed by atoms with van der Waals surface area (Å²) in [5.74, 6) is 1.98. The molecule has 0 fully saturated rings. The van der Waals surface area contributed by atoms with Crippen LogP contribution in [-0.2, 0) is 18.4 Å².